The van der Waals surface area contributed by atoms with Gasteiger partial charge in [-0.2, -0.15) is 0 Å². The molecule has 0 saturated heterocycles. The molecule has 2 aromatic rings. The number of ether oxygens (including phenoxy) is 2. The Morgan fingerprint density at radius 3 is 2.44 bits per heavy atom. The summed E-state index contributed by atoms with van der Waals surface area (Å²) >= 11 is 0. The molecule has 0 aliphatic heterocycles. The van der Waals surface area contributed by atoms with E-state index in [-0.39, 0.29) is 5.75 Å². The fraction of sp³-hybridized carbons (Fsp3) is 0.231. The van der Waals surface area contributed by atoms with E-state index < -0.39 is 0 Å². The standard InChI is InChI=1S/C13H14O3/c1-15-6-7-16-13-9-11-5-3-2-4-10(11)8-12(13)14/h2-5,8-9,14H,6-7H2,1H3. The van der Waals surface area contributed by atoms with Gasteiger partial charge in [-0.25, -0.2) is 0 Å². The van der Waals surface area contributed by atoms with Crippen molar-refractivity contribution in [2.24, 2.45) is 0 Å². The lowest BCUT2D eigenvalue weighted by molar-refractivity contribution is 0.144. The summed E-state index contributed by atoms with van der Waals surface area (Å²) in [5, 5.41) is 11.8. The van der Waals surface area contributed by atoms with Crippen molar-refractivity contribution in [1.29, 1.82) is 0 Å². The quantitative estimate of drug-likeness (QED) is 0.801. The number of phenols is 1. The topological polar surface area (TPSA) is 38.7 Å². The van der Waals surface area contributed by atoms with Crippen molar-refractivity contribution in [3.63, 3.8) is 0 Å². The lowest BCUT2D eigenvalue weighted by atomic mass is 10.1. The third-order valence-corrected chi connectivity index (χ3v) is 2.37. The number of phenolic OH excluding ortho intramolecular Hbond substituents is 1. The maximum atomic E-state index is 9.74. The highest BCUT2D eigenvalue weighted by atomic mass is 16.5. The van der Waals surface area contributed by atoms with Crippen LogP contribution in [0.5, 0.6) is 11.5 Å². The zero-order valence-electron chi connectivity index (χ0n) is 9.14. The Hall–Kier alpha value is -1.74. The van der Waals surface area contributed by atoms with Crippen molar-refractivity contribution >= 4 is 10.8 Å². The average Bonchev–Trinajstić information content (AvgIpc) is 2.30. The highest BCUT2D eigenvalue weighted by Gasteiger charge is 2.04. The van der Waals surface area contributed by atoms with Gasteiger partial charge in [0, 0.05) is 7.11 Å². The van der Waals surface area contributed by atoms with Gasteiger partial charge in [-0.1, -0.05) is 24.3 Å². The van der Waals surface area contributed by atoms with E-state index in [0.717, 1.165) is 10.8 Å². The first-order valence-electron chi connectivity index (χ1n) is 5.15. The Bertz CT molecular complexity index is 480. The monoisotopic (exact) mass is 218 g/mol. The summed E-state index contributed by atoms with van der Waals surface area (Å²) in [4.78, 5) is 0. The van der Waals surface area contributed by atoms with E-state index in [0.29, 0.717) is 19.0 Å². The Morgan fingerprint density at radius 1 is 1.06 bits per heavy atom. The van der Waals surface area contributed by atoms with E-state index in [1.807, 2.05) is 30.3 Å². The highest BCUT2D eigenvalue weighted by molar-refractivity contribution is 5.85. The van der Waals surface area contributed by atoms with Crippen LogP contribution in [0.1, 0.15) is 0 Å². The number of methoxy groups -OCH3 is 1. The van der Waals surface area contributed by atoms with Gasteiger partial charge in [0.05, 0.1) is 6.61 Å². The molecule has 16 heavy (non-hydrogen) atoms. The van der Waals surface area contributed by atoms with Crippen LogP contribution in [-0.4, -0.2) is 25.4 Å². The van der Waals surface area contributed by atoms with E-state index >= 15 is 0 Å². The molecule has 0 saturated carbocycles. The van der Waals surface area contributed by atoms with Crippen LogP contribution in [0, 0.1) is 0 Å². The fourth-order valence-corrected chi connectivity index (χ4v) is 1.56. The Balaban J connectivity index is 2.27. The lowest BCUT2D eigenvalue weighted by Gasteiger charge is -2.08. The summed E-state index contributed by atoms with van der Waals surface area (Å²) in [6.45, 7) is 0.939. The molecule has 0 unspecified atom stereocenters. The van der Waals surface area contributed by atoms with Crippen LogP contribution in [0.3, 0.4) is 0 Å². The van der Waals surface area contributed by atoms with Crippen molar-refractivity contribution in [3.8, 4) is 11.5 Å². The smallest absolute Gasteiger partial charge is 0.161 e. The van der Waals surface area contributed by atoms with Crippen molar-refractivity contribution in [2.45, 2.75) is 0 Å². The van der Waals surface area contributed by atoms with Gasteiger partial charge in [0.1, 0.15) is 6.61 Å². The third-order valence-electron chi connectivity index (χ3n) is 2.37. The van der Waals surface area contributed by atoms with Gasteiger partial charge >= 0.3 is 0 Å². The molecule has 0 bridgehead atoms. The van der Waals surface area contributed by atoms with Crippen LogP contribution < -0.4 is 4.74 Å². The van der Waals surface area contributed by atoms with E-state index in [4.69, 9.17) is 9.47 Å². The fourth-order valence-electron chi connectivity index (χ4n) is 1.56. The minimum atomic E-state index is 0.162. The maximum absolute atomic E-state index is 9.74. The van der Waals surface area contributed by atoms with Gasteiger partial charge < -0.3 is 14.6 Å². The number of benzene rings is 2. The molecule has 84 valence electrons. The van der Waals surface area contributed by atoms with Crippen molar-refractivity contribution in [3.05, 3.63) is 36.4 Å². The van der Waals surface area contributed by atoms with Crippen LogP contribution in [0.15, 0.2) is 36.4 Å². The minimum Gasteiger partial charge on any atom is -0.504 e. The number of aromatic hydroxyl groups is 1. The Labute approximate surface area is 94.2 Å². The first-order valence-corrected chi connectivity index (χ1v) is 5.15. The van der Waals surface area contributed by atoms with Crippen LogP contribution in [0.4, 0.5) is 0 Å². The first-order chi connectivity index (χ1) is 7.81. The maximum Gasteiger partial charge on any atom is 0.161 e. The van der Waals surface area contributed by atoms with Crippen LogP contribution in [-0.2, 0) is 4.74 Å². The first kappa shape index (κ1) is 10.8. The van der Waals surface area contributed by atoms with E-state index in [1.54, 1.807) is 13.2 Å². The van der Waals surface area contributed by atoms with Gasteiger partial charge in [0.25, 0.3) is 0 Å². The van der Waals surface area contributed by atoms with E-state index in [2.05, 4.69) is 0 Å². The molecule has 2 aromatic carbocycles. The molecule has 0 aliphatic carbocycles. The normalized spacial score (nSPS) is 10.6. The molecule has 2 rings (SSSR count). The lowest BCUT2D eigenvalue weighted by Crippen LogP contribution is -2.04. The van der Waals surface area contributed by atoms with Gasteiger partial charge in [-0.05, 0) is 22.9 Å². The average molecular weight is 218 g/mol. The van der Waals surface area contributed by atoms with Crippen LogP contribution in [0.25, 0.3) is 10.8 Å². The molecule has 0 aliphatic rings. The van der Waals surface area contributed by atoms with Crippen molar-refractivity contribution in [2.75, 3.05) is 20.3 Å². The number of hydrogen-bond acceptors (Lipinski definition) is 3. The summed E-state index contributed by atoms with van der Waals surface area (Å²) < 4.78 is 10.3. The third kappa shape index (κ3) is 2.25. The van der Waals surface area contributed by atoms with Crippen molar-refractivity contribution in [1.82, 2.24) is 0 Å². The molecule has 0 radical (unpaired) electrons. The number of hydrogen-bond donors (Lipinski definition) is 1. The summed E-state index contributed by atoms with van der Waals surface area (Å²) in [6, 6.07) is 11.4. The van der Waals surface area contributed by atoms with E-state index in [9.17, 15) is 5.11 Å². The molecule has 1 N–H and O–H groups in total. The van der Waals surface area contributed by atoms with Crippen LogP contribution >= 0.6 is 0 Å². The molecule has 0 atom stereocenters. The summed E-state index contributed by atoms with van der Waals surface area (Å²) in [5.74, 6) is 0.658. The number of fused-ring (bicyclic) bond motifs is 1. The van der Waals surface area contributed by atoms with Gasteiger partial charge in [0.2, 0.25) is 0 Å². The zero-order chi connectivity index (χ0) is 11.4. The molecule has 0 heterocycles. The van der Waals surface area contributed by atoms with Crippen molar-refractivity contribution < 1.29 is 14.6 Å². The highest BCUT2D eigenvalue weighted by Crippen LogP contribution is 2.31. The summed E-state index contributed by atoms with van der Waals surface area (Å²) in [5.41, 5.74) is 0. The number of rotatable bonds is 4. The van der Waals surface area contributed by atoms with Gasteiger partial charge in [-0.3, -0.25) is 0 Å². The molecule has 0 spiro atoms. The van der Waals surface area contributed by atoms with Crippen LogP contribution in [0.2, 0.25) is 0 Å². The zero-order valence-corrected chi connectivity index (χ0v) is 9.14. The largest absolute Gasteiger partial charge is 0.504 e. The van der Waals surface area contributed by atoms with E-state index in [1.165, 1.54) is 0 Å². The molecule has 0 fully saturated rings. The summed E-state index contributed by atoms with van der Waals surface area (Å²) in [6.07, 6.45) is 0. The molecular weight excluding hydrogens is 204 g/mol. The second-order valence-electron chi connectivity index (χ2n) is 3.51. The Kier molecular flexibility index (Phi) is 3.27. The summed E-state index contributed by atoms with van der Waals surface area (Å²) in [7, 11) is 1.61. The predicted octanol–water partition coefficient (Wildman–Crippen LogP) is 2.57. The minimum absolute atomic E-state index is 0.162. The predicted molar refractivity (Wildman–Crippen MR) is 63.0 cm³/mol. The molecule has 3 nitrogen and oxygen atoms in total. The molecule has 0 aromatic heterocycles. The second kappa shape index (κ2) is 4.86. The van der Waals surface area contributed by atoms with Gasteiger partial charge in [-0.15, -0.1) is 0 Å². The molecule has 0 amide bonds. The molecular formula is C13H14O3. The van der Waals surface area contributed by atoms with Gasteiger partial charge in [0.15, 0.2) is 11.5 Å². The second-order valence-corrected chi connectivity index (χ2v) is 3.51. The molecule has 3 heteroatoms. The SMILES string of the molecule is COCCOc1cc2ccccc2cc1O. The Morgan fingerprint density at radius 2 is 1.75 bits per heavy atom.